The molecule has 2 rings (SSSR count). The Morgan fingerprint density at radius 1 is 1.33 bits per heavy atom. The molecular formula is C15H22Br2ClNO2. The van der Waals surface area contributed by atoms with E-state index in [1.807, 2.05) is 18.2 Å². The third-order valence-electron chi connectivity index (χ3n) is 3.67. The zero-order valence-corrected chi connectivity index (χ0v) is 16.1. The molecule has 1 aliphatic heterocycles. The summed E-state index contributed by atoms with van der Waals surface area (Å²) in [5.74, 6) is 1.58. The minimum Gasteiger partial charge on any atom is -0.490 e. The summed E-state index contributed by atoms with van der Waals surface area (Å²) in [7, 11) is 0. The molecule has 0 bridgehead atoms. The summed E-state index contributed by atoms with van der Waals surface area (Å²) in [5.41, 5.74) is 0. The summed E-state index contributed by atoms with van der Waals surface area (Å²) < 4.78 is 7.57. The third kappa shape index (κ3) is 6.45. The van der Waals surface area contributed by atoms with Gasteiger partial charge in [0.25, 0.3) is 0 Å². The number of nitrogens with zero attached hydrogens (tertiary/aromatic N) is 1. The monoisotopic (exact) mass is 441 g/mol. The molecular weight excluding hydrogens is 421 g/mol. The average molecular weight is 444 g/mol. The lowest BCUT2D eigenvalue weighted by Crippen LogP contribution is -2.40. The van der Waals surface area contributed by atoms with Crippen LogP contribution in [0.2, 0.25) is 0 Å². The van der Waals surface area contributed by atoms with Gasteiger partial charge in [0.15, 0.2) is 0 Å². The van der Waals surface area contributed by atoms with Crippen molar-refractivity contribution in [2.45, 2.75) is 25.9 Å². The van der Waals surface area contributed by atoms with Crippen LogP contribution in [0.4, 0.5) is 0 Å². The van der Waals surface area contributed by atoms with Crippen LogP contribution in [0.5, 0.6) is 5.75 Å². The van der Waals surface area contributed by atoms with E-state index in [0.717, 1.165) is 33.7 Å². The molecule has 1 N–H and O–H groups in total. The molecule has 1 atom stereocenters. The first-order valence-electron chi connectivity index (χ1n) is 7.03. The number of aliphatic hydroxyl groups excluding tert-OH is 1. The number of hydrogen-bond donors (Lipinski definition) is 1. The van der Waals surface area contributed by atoms with E-state index in [1.165, 1.54) is 12.8 Å². The molecule has 3 nitrogen and oxygen atoms in total. The second-order valence-electron chi connectivity index (χ2n) is 5.52. The molecule has 0 aromatic heterocycles. The zero-order valence-electron chi connectivity index (χ0n) is 12.1. The van der Waals surface area contributed by atoms with Crippen molar-refractivity contribution >= 4 is 44.3 Å². The molecule has 0 amide bonds. The van der Waals surface area contributed by atoms with Crippen LogP contribution in [-0.2, 0) is 0 Å². The van der Waals surface area contributed by atoms with Gasteiger partial charge in [-0.05, 0) is 66.0 Å². The molecule has 21 heavy (non-hydrogen) atoms. The molecule has 1 fully saturated rings. The fourth-order valence-electron chi connectivity index (χ4n) is 2.37. The predicted octanol–water partition coefficient (Wildman–Crippen LogP) is 4.11. The third-order valence-corrected chi connectivity index (χ3v) is 4.78. The van der Waals surface area contributed by atoms with E-state index in [-0.39, 0.29) is 12.4 Å². The van der Waals surface area contributed by atoms with Crippen molar-refractivity contribution in [3.63, 3.8) is 0 Å². The molecule has 1 aromatic carbocycles. The topological polar surface area (TPSA) is 32.7 Å². The fourth-order valence-corrected chi connectivity index (χ4v) is 3.54. The van der Waals surface area contributed by atoms with E-state index in [2.05, 4.69) is 43.7 Å². The van der Waals surface area contributed by atoms with Crippen LogP contribution in [0.1, 0.15) is 19.8 Å². The van der Waals surface area contributed by atoms with Crippen molar-refractivity contribution in [1.82, 2.24) is 4.90 Å². The summed E-state index contributed by atoms with van der Waals surface area (Å²) in [6.45, 7) is 5.48. The number of halogens is 3. The predicted molar refractivity (Wildman–Crippen MR) is 95.4 cm³/mol. The highest BCUT2D eigenvalue weighted by Crippen LogP contribution is 2.28. The minimum absolute atomic E-state index is 0. The Morgan fingerprint density at radius 3 is 2.62 bits per heavy atom. The van der Waals surface area contributed by atoms with Crippen LogP contribution in [0.3, 0.4) is 0 Å². The minimum atomic E-state index is -0.445. The van der Waals surface area contributed by atoms with Crippen molar-refractivity contribution in [3.8, 4) is 5.75 Å². The van der Waals surface area contributed by atoms with Gasteiger partial charge in [-0.25, -0.2) is 0 Å². The van der Waals surface area contributed by atoms with Crippen LogP contribution in [-0.4, -0.2) is 42.4 Å². The summed E-state index contributed by atoms with van der Waals surface area (Å²) in [5, 5.41) is 10.1. The Morgan fingerprint density at radius 2 is 2.00 bits per heavy atom. The van der Waals surface area contributed by atoms with E-state index in [9.17, 15) is 5.11 Å². The lowest BCUT2D eigenvalue weighted by molar-refractivity contribution is 0.0561. The molecule has 0 aliphatic carbocycles. The van der Waals surface area contributed by atoms with Crippen LogP contribution < -0.4 is 4.74 Å². The Kier molecular flexibility index (Phi) is 8.57. The second kappa shape index (κ2) is 9.36. The van der Waals surface area contributed by atoms with Gasteiger partial charge in [0.1, 0.15) is 18.5 Å². The van der Waals surface area contributed by atoms with Gasteiger partial charge in [-0.1, -0.05) is 22.9 Å². The van der Waals surface area contributed by atoms with Crippen molar-refractivity contribution in [1.29, 1.82) is 0 Å². The van der Waals surface area contributed by atoms with E-state index >= 15 is 0 Å². The Balaban J connectivity index is 0.00000220. The normalized spacial score (nSPS) is 18.1. The number of ether oxygens (including phenoxy) is 1. The average Bonchev–Trinajstić information content (AvgIpc) is 2.40. The first kappa shape index (κ1) is 19.2. The van der Waals surface area contributed by atoms with E-state index in [1.54, 1.807) is 0 Å². The zero-order chi connectivity index (χ0) is 14.5. The van der Waals surface area contributed by atoms with Gasteiger partial charge in [-0.3, -0.25) is 0 Å². The maximum Gasteiger partial charge on any atom is 0.133 e. The van der Waals surface area contributed by atoms with Crippen LogP contribution in [0.15, 0.2) is 27.1 Å². The molecule has 120 valence electrons. The molecule has 1 aromatic rings. The van der Waals surface area contributed by atoms with Gasteiger partial charge >= 0.3 is 0 Å². The highest BCUT2D eigenvalue weighted by molar-refractivity contribution is 9.11. The van der Waals surface area contributed by atoms with E-state index < -0.39 is 6.10 Å². The molecule has 1 aliphatic rings. The Labute approximate surface area is 149 Å². The maximum atomic E-state index is 10.1. The highest BCUT2D eigenvalue weighted by atomic mass is 79.9. The van der Waals surface area contributed by atoms with Gasteiger partial charge in [0, 0.05) is 11.0 Å². The standard InChI is InChI=1S/C15H21Br2NO2.ClH/c1-11-4-6-18(7-5-11)9-13(19)10-20-15-3-2-12(16)8-14(15)17;/h2-3,8,11,13,19H,4-7,9-10H2,1H3;1H. The SMILES string of the molecule is CC1CCN(CC(O)COc2ccc(Br)cc2Br)CC1.Cl. The van der Waals surface area contributed by atoms with Gasteiger partial charge < -0.3 is 14.7 Å². The van der Waals surface area contributed by atoms with Crippen LogP contribution in [0, 0.1) is 5.92 Å². The molecule has 1 unspecified atom stereocenters. The number of rotatable bonds is 5. The molecule has 1 heterocycles. The van der Waals surface area contributed by atoms with E-state index in [0.29, 0.717) is 13.2 Å². The molecule has 0 spiro atoms. The lowest BCUT2D eigenvalue weighted by Gasteiger charge is -2.31. The summed E-state index contributed by atoms with van der Waals surface area (Å²) in [4.78, 5) is 2.32. The van der Waals surface area contributed by atoms with Crippen molar-refractivity contribution in [3.05, 3.63) is 27.1 Å². The largest absolute Gasteiger partial charge is 0.490 e. The maximum absolute atomic E-state index is 10.1. The number of β-amino-alcohol motifs (C(OH)–C–C–N with tert-alkyl or cyclic N) is 1. The highest BCUT2D eigenvalue weighted by Gasteiger charge is 2.18. The molecule has 1 saturated heterocycles. The summed E-state index contributed by atoms with van der Waals surface area (Å²) >= 11 is 6.86. The van der Waals surface area contributed by atoms with Crippen molar-refractivity contribution < 1.29 is 9.84 Å². The van der Waals surface area contributed by atoms with Gasteiger partial charge in [-0.15, -0.1) is 12.4 Å². The fraction of sp³-hybridized carbons (Fsp3) is 0.600. The number of hydrogen-bond acceptors (Lipinski definition) is 3. The number of likely N-dealkylation sites (tertiary alicyclic amines) is 1. The Hall–Kier alpha value is 0.190. The smallest absolute Gasteiger partial charge is 0.133 e. The van der Waals surface area contributed by atoms with Gasteiger partial charge in [0.05, 0.1) is 4.47 Å². The first-order chi connectivity index (χ1) is 9.54. The summed E-state index contributed by atoms with van der Waals surface area (Å²) in [6.07, 6.45) is 2.01. The van der Waals surface area contributed by atoms with Gasteiger partial charge in [-0.2, -0.15) is 0 Å². The summed E-state index contributed by atoms with van der Waals surface area (Å²) in [6, 6.07) is 5.76. The van der Waals surface area contributed by atoms with Crippen LogP contribution in [0.25, 0.3) is 0 Å². The van der Waals surface area contributed by atoms with Crippen molar-refractivity contribution in [2.24, 2.45) is 5.92 Å². The quantitative estimate of drug-likeness (QED) is 0.744. The van der Waals surface area contributed by atoms with Crippen LogP contribution >= 0.6 is 44.3 Å². The Bertz CT molecular complexity index is 440. The number of aliphatic hydroxyl groups is 1. The molecule has 6 heteroatoms. The molecule has 0 radical (unpaired) electrons. The lowest BCUT2D eigenvalue weighted by atomic mass is 9.99. The van der Waals surface area contributed by atoms with Gasteiger partial charge in [0.2, 0.25) is 0 Å². The second-order valence-corrected chi connectivity index (χ2v) is 7.29. The number of benzene rings is 1. The van der Waals surface area contributed by atoms with E-state index in [4.69, 9.17) is 4.74 Å². The van der Waals surface area contributed by atoms with Crippen molar-refractivity contribution in [2.75, 3.05) is 26.2 Å². The molecule has 0 saturated carbocycles. The first-order valence-corrected chi connectivity index (χ1v) is 8.61. The number of piperidine rings is 1.